The highest BCUT2D eigenvalue weighted by Crippen LogP contribution is 2.21. The Morgan fingerprint density at radius 3 is 1.86 bits per heavy atom. The molecule has 1 rings (SSSR count). The molecule has 5 heteroatoms. The molecule has 0 heterocycles. The maximum absolute atomic E-state index is 9.57. The average molecular weight is 194 g/mol. The van der Waals surface area contributed by atoms with Crippen LogP contribution in [-0.2, 0) is 0 Å². The molecule has 0 atom stereocenters. The van der Waals surface area contributed by atoms with E-state index in [2.05, 4.69) is 10.3 Å². The van der Waals surface area contributed by atoms with Crippen molar-refractivity contribution in [1.29, 1.82) is 0 Å². The van der Waals surface area contributed by atoms with E-state index >= 15 is 0 Å². The fourth-order valence-electron chi connectivity index (χ4n) is 1.16. The number of phenolic OH excluding ortho intramolecular Hbond substituents is 1. The molecule has 3 N–H and O–H groups in total. The van der Waals surface area contributed by atoms with Gasteiger partial charge in [-0.25, -0.2) is 0 Å². The number of hydrogen-bond donors (Lipinski definition) is 3. The van der Waals surface area contributed by atoms with Crippen molar-refractivity contribution in [1.82, 2.24) is 0 Å². The van der Waals surface area contributed by atoms with Crippen LogP contribution in [0.1, 0.15) is 16.7 Å². The molecule has 0 spiro atoms. The highest BCUT2D eigenvalue weighted by atomic mass is 16.4. The summed E-state index contributed by atoms with van der Waals surface area (Å²) in [4.78, 5) is 0. The maximum Gasteiger partial charge on any atom is 0.133 e. The number of aryl methyl sites for hydroxylation is 1. The summed E-state index contributed by atoms with van der Waals surface area (Å²) in [6.07, 6.45) is 2.22. The van der Waals surface area contributed by atoms with E-state index in [1.54, 1.807) is 12.1 Å². The van der Waals surface area contributed by atoms with Crippen LogP contribution in [0.25, 0.3) is 0 Å². The first-order chi connectivity index (χ1) is 6.69. The Morgan fingerprint density at radius 1 is 1.07 bits per heavy atom. The molecule has 0 saturated carbocycles. The van der Waals surface area contributed by atoms with Gasteiger partial charge < -0.3 is 15.5 Å². The highest BCUT2D eigenvalue weighted by Gasteiger charge is 2.05. The molecular weight excluding hydrogens is 184 g/mol. The number of oxime groups is 2. The van der Waals surface area contributed by atoms with Gasteiger partial charge in [0.2, 0.25) is 0 Å². The zero-order valence-corrected chi connectivity index (χ0v) is 7.55. The SMILES string of the molecule is Cc1cc(/C=N\O)c(O)c(/C=N/O)c1. The maximum atomic E-state index is 9.57. The second-order valence-electron chi connectivity index (χ2n) is 2.78. The predicted molar refractivity (Wildman–Crippen MR) is 51.6 cm³/mol. The van der Waals surface area contributed by atoms with Crippen molar-refractivity contribution in [2.75, 3.05) is 0 Å². The monoisotopic (exact) mass is 194 g/mol. The molecule has 0 unspecified atom stereocenters. The molecule has 0 saturated heterocycles. The van der Waals surface area contributed by atoms with Crippen LogP contribution >= 0.6 is 0 Å². The molecule has 0 aliphatic carbocycles. The third-order valence-corrected chi connectivity index (χ3v) is 1.71. The van der Waals surface area contributed by atoms with E-state index in [9.17, 15) is 5.11 Å². The van der Waals surface area contributed by atoms with E-state index in [-0.39, 0.29) is 5.75 Å². The summed E-state index contributed by atoms with van der Waals surface area (Å²) < 4.78 is 0. The molecule has 0 aliphatic rings. The second-order valence-corrected chi connectivity index (χ2v) is 2.78. The minimum atomic E-state index is -0.0915. The largest absolute Gasteiger partial charge is 0.507 e. The molecule has 0 fully saturated rings. The van der Waals surface area contributed by atoms with Crippen molar-refractivity contribution >= 4 is 12.4 Å². The summed E-state index contributed by atoms with van der Waals surface area (Å²) in [6, 6.07) is 3.29. The van der Waals surface area contributed by atoms with Crippen LogP contribution in [0.4, 0.5) is 0 Å². The number of rotatable bonds is 2. The number of phenols is 1. The van der Waals surface area contributed by atoms with Crippen LogP contribution in [0, 0.1) is 6.92 Å². The Labute approximate surface area is 80.6 Å². The van der Waals surface area contributed by atoms with E-state index in [1.807, 2.05) is 6.92 Å². The fraction of sp³-hybridized carbons (Fsp3) is 0.111. The second kappa shape index (κ2) is 4.27. The summed E-state index contributed by atoms with van der Waals surface area (Å²) in [5.74, 6) is -0.0915. The first kappa shape index (κ1) is 10.0. The van der Waals surface area contributed by atoms with Crippen LogP contribution < -0.4 is 0 Å². The van der Waals surface area contributed by atoms with Gasteiger partial charge in [0.1, 0.15) is 5.75 Å². The van der Waals surface area contributed by atoms with E-state index in [1.165, 1.54) is 0 Å². The predicted octanol–water partition coefficient (Wildman–Crippen LogP) is 1.32. The van der Waals surface area contributed by atoms with E-state index in [4.69, 9.17) is 10.4 Å². The summed E-state index contributed by atoms with van der Waals surface area (Å²) in [5, 5.41) is 31.9. The third-order valence-electron chi connectivity index (χ3n) is 1.71. The number of nitrogens with zero attached hydrogens (tertiary/aromatic N) is 2. The normalized spacial score (nSPS) is 11.5. The minimum absolute atomic E-state index is 0.0915. The summed E-state index contributed by atoms with van der Waals surface area (Å²) in [7, 11) is 0. The van der Waals surface area contributed by atoms with Crippen molar-refractivity contribution in [3.63, 3.8) is 0 Å². The molecule has 0 aromatic heterocycles. The zero-order valence-electron chi connectivity index (χ0n) is 7.55. The summed E-state index contributed by atoms with van der Waals surface area (Å²) >= 11 is 0. The Hall–Kier alpha value is -2.04. The molecule has 0 bridgehead atoms. The van der Waals surface area contributed by atoms with Gasteiger partial charge in [-0.05, 0) is 24.6 Å². The van der Waals surface area contributed by atoms with Gasteiger partial charge in [-0.15, -0.1) is 0 Å². The van der Waals surface area contributed by atoms with Gasteiger partial charge >= 0.3 is 0 Å². The molecule has 1 aromatic carbocycles. The summed E-state index contributed by atoms with van der Waals surface area (Å²) in [6.45, 7) is 1.81. The van der Waals surface area contributed by atoms with Gasteiger partial charge in [0, 0.05) is 11.1 Å². The third kappa shape index (κ3) is 2.01. The zero-order chi connectivity index (χ0) is 10.6. The van der Waals surface area contributed by atoms with Gasteiger partial charge in [0.05, 0.1) is 12.4 Å². The van der Waals surface area contributed by atoms with Crippen molar-refractivity contribution in [3.8, 4) is 5.75 Å². The van der Waals surface area contributed by atoms with Crippen LogP contribution in [0.5, 0.6) is 5.75 Å². The number of hydrogen-bond acceptors (Lipinski definition) is 5. The van der Waals surface area contributed by atoms with Crippen molar-refractivity contribution < 1.29 is 15.5 Å². The van der Waals surface area contributed by atoms with Gasteiger partial charge in [0.25, 0.3) is 0 Å². The molecule has 5 nitrogen and oxygen atoms in total. The number of benzene rings is 1. The van der Waals surface area contributed by atoms with Gasteiger partial charge in [-0.2, -0.15) is 0 Å². The lowest BCUT2D eigenvalue weighted by molar-refractivity contribution is 0.321. The van der Waals surface area contributed by atoms with E-state index in [0.29, 0.717) is 11.1 Å². The quantitative estimate of drug-likeness (QED) is 0.377. The average Bonchev–Trinajstić information content (AvgIpc) is 2.14. The van der Waals surface area contributed by atoms with Crippen molar-refractivity contribution in [2.45, 2.75) is 6.92 Å². The molecular formula is C9H10N2O3. The van der Waals surface area contributed by atoms with E-state index < -0.39 is 0 Å². The Kier molecular flexibility index (Phi) is 3.06. The number of aromatic hydroxyl groups is 1. The molecule has 0 aliphatic heterocycles. The topological polar surface area (TPSA) is 85.4 Å². The van der Waals surface area contributed by atoms with Gasteiger partial charge in [0.15, 0.2) is 0 Å². The molecule has 0 amide bonds. The van der Waals surface area contributed by atoms with Crippen LogP contribution in [-0.4, -0.2) is 28.0 Å². The van der Waals surface area contributed by atoms with E-state index in [0.717, 1.165) is 18.0 Å². The first-order valence-corrected chi connectivity index (χ1v) is 3.87. The fourth-order valence-corrected chi connectivity index (χ4v) is 1.16. The lowest BCUT2D eigenvalue weighted by Gasteiger charge is -2.03. The Bertz CT molecular complexity index is 353. The minimum Gasteiger partial charge on any atom is -0.507 e. The highest BCUT2D eigenvalue weighted by molar-refractivity contribution is 5.91. The molecule has 0 radical (unpaired) electrons. The van der Waals surface area contributed by atoms with Crippen LogP contribution in [0.15, 0.2) is 22.4 Å². The summed E-state index contributed by atoms with van der Waals surface area (Å²) in [5.41, 5.74) is 1.58. The van der Waals surface area contributed by atoms with Gasteiger partial charge in [-0.3, -0.25) is 0 Å². The molecule has 74 valence electrons. The Balaban J connectivity index is 3.31. The molecule has 14 heavy (non-hydrogen) atoms. The first-order valence-electron chi connectivity index (χ1n) is 3.87. The lowest BCUT2D eigenvalue weighted by atomic mass is 10.1. The van der Waals surface area contributed by atoms with Crippen molar-refractivity contribution in [2.24, 2.45) is 10.3 Å². The van der Waals surface area contributed by atoms with Crippen LogP contribution in [0.3, 0.4) is 0 Å². The van der Waals surface area contributed by atoms with Gasteiger partial charge in [-0.1, -0.05) is 10.3 Å². The van der Waals surface area contributed by atoms with Crippen LogP contribution in [0.2, 0.25) is 0 Å². The standard InChI is InChI=1S/C9H10N2O3/c1-6-2-7(4-10-13)9(12)8(3-6)5-11-14/h2-5,12-14H,1H3/b10-4-,11-5+. The smallest absolute Gasteiger partial charge is 0.133 e. The molecule has 1 aromatic rings. The lowest BCUT2D eigenvalue weighted by Crippen LogP contribution is -1.91. The van der Waals surface area contributed by atoms with Crippen molar-refractivity contribution in [3.05, 3.63) is 28.8 Å². The Morgan fingerprint density at radius 2 is 1.50 bits per heavy atom.